The Hall–Kier alpha value is -1.23. The van der Waals surface area contributed by atoms with Gasteiger partial charge in [0.15, 0.2) is 16.7 Å². The van der Waals surface area contributed by atoms with E-state index in [0.29, 0.717) is 0 Å². The molecule has 0 unspecified atom stereocenters. The molecule has 1 saturated carbocycles. The molecule has 0 amide bonds. The van der Waals surface area contributed by atoms with E-state index >= 15 is 0 Å². The van der Waals surface area contributed by atoms with Gasteiger partial charge in [0, 0.05) is 17.5 Å². The number of nitrogens with zero attached hydrogens (tertiary/aromatic N) is 1. The lowest BCUT2D eigenvalue weighted by atomic mass is 9.84. The minimum Gasteiger partial charge on any atom is -0.494 e. The fourth-order valence-electron chi connectivity index (χ4n) is 2.87. The van der Waals surface area contributed by atoms with E-state index < -0.39 is 0 Å². The molecule has 0 saturated heterocycles. The van der Waals surface area contributed by atoms with Crippen LogP contribution in [0.15, 0.2) is 23.2 Å². The van der Waals surface area contributed by atoms with Gasteiger partial charge in [-0.15, -0.1) is 0 Å². The van der Waals surface area contributed by atoms with Crippen molar-refractivity contribution in [3.8, 4) is 5.75 Å². The maximum absolute atomic E-state index is 13.4. The molecule has 3 rings (SSSR count). The standard InChI is InChI=1S/C15H19FN2OS/c1-19-13-9-11(5-6-12(13)16)17-14-18-15(10-20-14)7-3-2-4-8-15/h5-6,9H,2-4,7-8,10H2,1H3,(H,17,18). The molecule has 1 spiro atoms. The van der Waals surface area contributed by atoms with Crippen molar-refractivity contribution >= 4 is 22.6 Å². The molecule has 1 aliphatic carbocycles. The van der Waals surface area contributed by atoms with Crippen LogP contribution in [0.2, 0.25) is 0 Å². The van der Waals surface area contributed by atoms with Crippen molar-refractivity contribution in [2.45, 2.75) is 37.6 Å². The van der Waals surface area contributed by atoms with Crippen LogP contribution in [-0.4, -0.2) is 23.6 Å². The first-order chi connectivity index (χ1) is 9.71. The van der Waals surface area contributed by atoms with Crippen molar-refractivity contribution in [3.63, 3.8) is 0 Å². The predicted octanol–water partition coefficient (Wildman–Crippen LogP) is 4.05. The average Bonchev–Trinajstić information content (AvgIpc) is 2.84. The van der Waals surface area contributed by atoms with Crippen molar-refractivity contribution in [3.05, 3.63) is 24.0 Å². The predicted molar refractivity (Wildman–Crippen MR) is 82.3 cm³/mol. The number of aliphatic imine (C=N–C) groups is 1. The molecular formula is C15H19FN2OS. The quantitative estimate of drug-likeness (QED) is 0.893. The Morgan fingerprint density at radius 3 is 2.85 bits per heavy atom. The van der Waals surface area contributed by atoms with Crippen LogP contribution in [-0.2, 0) is 0 Å². The summed E-state index contributed by atoms with van der Waals surface area (Å²) in [5.41, 5.74) is 0.970. The Labute approximate surface area is 123 Å². The van der Waals surface area contributed by atoms with E-state index in [-0.39, 0.29) is 17.1 Å². The van der Waals surface area contributed by atoms with E-state index in [2.05, 4.69) is 5.32 Å². The minimum absolute atomic E-state index is 0.148. The Morgan fingerprint density at radius 1 is 1.30 bits per heavy atom. The largest absolute Gasteiger partial charge is 0.494 e. The maximum atomic E-state index is 13.4. The maximum Gasteiger partial charge on any atom is 0.165 e. The van der Waals surface area contributed by atoms with E-state index in [9.17, 15) is 4.39 Å². The molecule has 0 aromatic heterocycles. The second kappa shape index (κ2) is 5.64. The second-order valence-corrected chi connectivity index (χ2v) is 6.43. The molecule has 1 aromatic rings. The highest BCUT2D eigenvalue weighted by atomic mass is 32.2. The molecule has 5 heteroatoms. The Bertz CT molecular complexity index is 527. The number of nitrogens with one attached hydrogen (secondary N) is 1. The number of hydrogen-bond acceptors (Lipinski definition) is 4. The summed E-state index contributed by atoms with van der Waals surface area (Å²) in [7, 11) is 1.47. The van der Waals surface area contributed by atoms with Crippen LogP contribution >= 0.6 is 11.8 Å². The zero-order valence-corrected chi connectivity index (χ0v) is 12.4. The van der Waals surface area contributed by atoms with Gasteiger partial charge >= 0.3 is 0 Å². The van der Waals surface area contributed by atoms with Gasteiger partial charge in [-0.05, 0) is 25.0 Å². The summed E-state index contributed by atoms with van der Waals surface area (Å²) >= 11 is 1.76. The van der Waals surface area contributed by atoms with Crippen LogP contribution in [0.3, 0.4) is 0 Å². The van der Waals surface area contributed by atoms with Gasteiger partial charge in [-0.3, -0.25) is 4.99 Å². The molecule has 1 fully saturated rings. The molecule has 108 valence electrons. The number of anilines is 1. The number of ether oxygens (including phenoxy) is 1. The van der Waals surface area contributed by atoms with E-state index in [1.807, 2.05) is 0 Å². The highest BCUT2D eigenvalue weighted by molar-refractivity contribution is 8.14. The zero-order valence-electron chi connectivity index (χ0n) is 11.6. The van der Waals surface area contributed by atoms with Crippen LogP contribution in [0.25, 0.3) is 0 Å². The highest BCUT2D eigenvalue weighted by Crippen LogP contribution is 2.40. The third-order valence-electron chi connectivity index (χ3n) is 4.00. The Morgan fingerprint density at radius 2 is 2.10 bits per heavy atom. The third-order valence-corrected chi connectivity index (χ3v) is 5.15. The zero-order chi connectivity index (χ0) is 14.0. The summed E-state index contributed by atoms with van der Waals surface area (Å²) in [4.78, 5) is 4.89. The van der Waals surface area contributed by atoms with Crippen LogP contribution in [0, 0.1) is 5.82 Å². The molecule has 0 atom stereocenters. The number of amidine groups is 1. The summed E-state index contributed by atoms with van der Waals surface area (Å²) < 4.78 is 18.4. The molecule has 2 aliphatic rings. The fourth-order valence-corrected chi connectivity index (χ4v) is 4.08. The molecule has 0 bridgehead atoms. The molecule has 3 nitrogen and oxygen atoms in total. The Kier molecular flexibility index (Phi) is 3.87. The van der Waals surface area contributed by atoms with E-state index in [0.717, 1.165) is 16.6 Å². The number of thioether (sulfide) groups is 1. The molecule has 1 aromatic carbocycles. The number of hydrogen-bond donors (Lipinski definition) is 1. The lowest BCUT2D eigenvalue weighted by Crippen LogP contribution is -2.29. The van der Waals surface area contributed by atoms with Gasteiger partial charge in [-0.1, -0.05) is 31.0 Å². The fraction of sp³-hybridized carbons (Fsp3) is 0.533. The van der Waals surface area contributed by atoms with Gasteiger partial charge < -0.3 is 10.1 Å². The Balaban J connectivity index is 1.73. The van der Waals surface area contributed by atoms with Crippen LogP contribution in [0.5, 0.6) is 5.75 Å². The second-order valence-electron chi connectivity index (χ2n) is 5.46. The van der Waals surface area contributed by atoms with Crippen molar-refractivity contribution in [2.75, 3.05) is 18.2 Å². The lowest BCUT2D eigenvalue weighted by Gasteiger charge is -2.29. The summed E-state index contributed by atoms with van der Waals surface area (Å²) in [5.74, 6) is 0.974. The summed E-state index contributed by atoms with van der Waals surface area (Å²) in [6.07, 6.45) is 6.28. The van der Waals surface area contributed by atoms with Crippen molar-refractivity contribution in [1.82, 2.24) is 0 Å². The van der Waals surface area contributed by atoms with E-state index in [4.69, 9.17) is 9.73 Å². The van der Waals surface area contributed by atoms with Crippen molar-refractivity contribution in [1.29, 1.82) is 0 Å². The van der Waals surface area contributed by atoms with Gasteiger partial charge in [0.25, 0.3) is 0 Å². The minimum atomic E-state index is -0.345. The molecule has 20 heavy (non-hydrogen) atoms. The van der Waals surface area contributed by atoms with Gasteiger partial charge in [-0.2, -0.15) is 0 Å². The van der Waals surface area contributed by atoms with Gasteiger partial charge in [0.2, 0.25) is 0 Å². The SMILES string of the molecule is COc1cc(NC2=NC3(CCCCC3)CS2)ccc1F. The molecular weight excluding hydrogens is 275 g/mol. The van der Waals surface area contributed by atoms with Gasteiger partial charge in [-0.25, -0.2) is 4.39 Å². The summed E-state index contributed by atoms with van der Waals surface area (Å²) in [5, 5.41) is 4.23. The third kappa shape index (κ3) is 2.77. The average molecular weight is 294 g/mol. The first-order valence-electron chi connectivity index (χ1n) is 7.04. The first kappa shape index (κ1) is 13.7. The first-order valence-corrected chi connectivity index (χ1v) is 8.03. The summed E-state index contributed by atoms with van der Waals surface area (Å²) in [6.45, 7) is 0. The molecule has 1 N–H and O–H groups in total. The van der Waals surface area contributed by atoms with Gasteiger partial charge in [0.05, 0.1) is 12.6 Å². The highest BCUT2D eigenvalue weighted by Gasteiger charge is 2.36. The summed E-state index contributed by atoms with van der Waals surface area (Å²) in [6, 6.07) is 4.80. The monoisotopic (exact) mass is 294 g/mol. The number of benzene rings is 1. The van der Waals surface area contributed by atoms with Crippen LogP contribution < -0.4 is 10.1 Å². The molecule has 1 heterocycles. The topological polar surface area (TPSA) is 33.6 Å². The van der Waals surface area contributed by atoms with Crippen molar-refractivity contribution in [2.24, 2.45) is 4.99 Å². The lowest BCUT2D eigenvalue weighted by molar-refractivity contribution is 0.335. The van der Waals surface area contributed by atoms with E-state index in [1.54, 1.807) is 23.9 Å². The normalized spacial score (nSPS) is 20.8. The molecule has 0 radical (unpaired) electrons. The van der Waals surface area contributed by atoms with Crippen LogP contribution in [0.4, 0.5) is 10.1 Å². The molecule has 1 aliphatic heterocycles. The van der Waals surface area contributed by atoms with Crippen LogP contribution in [0.1, 0.15) is 32.1 Å². The number of rotatable bonds is 2. The van der Waals surface area contributed by atoms with Crippen molar-refractivity contribution < 1.29 is 9.13 Å². The number of methoxy groups -OCH3 is 1. The number of halogens is 1. The van der Waals surface area contributed by atoms with E-state index in [1.165, 1.54) is 45.3 Å². The van der Waals surface area contributed by atoms with Gasteiger partial charge in [0.1, 0.15) is 0 Å². The smallest absolute Gasteiger partial charge is 0.165 e.